The van der Waals surface area contributed by atoms with Crippen molar-refractivity contribution in [2.24, 2.45) is 5.92 Å². The maximum atomic E-state index is 13.2. The van der Waals surface area contributed by atoms with Crippen LogP contribution in [-0.2, 0) is 36.3 Å². The molecule has 2 aliphatic heterocycles. The highest BCUT2D eigenvalue weighted by molar-refractivity contribution is 7.88. The highest BCUT2D eigenvalue weighted by Gasteiger charge is 2.73. The van der Waals surface area contributed by atoms with E-state index in [2.05, 4.69) is 13.3 Å². The van der Waals surface area contributed by atoms with Crippen LogP contribution in [0.4, 0.5) is 26.3 Å². The molecule has 1 N–H and O–H groups in total. The van der Waals surface area contributed by atoms with Crippen LogP contribution in [0.15, 0.2) is 24.0 Å². The zero-order valence-corrected chi connectivity index (χ0v) is 21.4. The van der Waals surface area contributed by atoms with Crippen LogP contribution in [0.2, 0.25) is 0 Å². The predicted octanol–water partition coefficient (Wildman–Crippen LogP) is 2.84. The number of halogens is 6. The molecule has 216 valence electrons. The summed E-state index contributed by atoms with van der Waals surface area (Å²) >= 11 is 0. The maximum Gasteiger partial charge on any atom is 0.534 e. The number of hydrogen-bond acceptors (Lipinski definition) is 9. The van der Waals surface area contributed by atoms with E-state index in [0.29, 0.717) is 24.6 Å². The third-order valence-electron chi connectivity index (χ3n) is 8.34. The fourth-order valence-corrected chi connectivity index (χ4v) is 7.51. The highest BCUT2D eigenvalue weighted by Crippen LogP contribution is 2.66. The molecule has 1 spiro atoms. The Morgan fingerprint density at radius 1 is 1.03 bits per heavy atom. The molecule has 1 saturated heterocycles. The monoisotopic (exact) mass is 605 g/mol. The Morgan fingerprint density at radius 2 is 1.67 bits per heavy atom. The second-order valence-corrected chi connectivity index (χ2v) is 13.6. The molecule has 39 heavy (non-hydrogen) atoms. The Labute approximate surface area is 218 Å². The summed E-state index contributed by atoms with van der Waals surface area (Å²) < 4.78 is 141. The van der Waals surface area contributed by atoms with E-state index in [9.17, 15) is 48.3 Å². The maximum absolute atomic E-state index is 13.2. The topological polar surface area (TPSA) is 119 Å². The van der Waals surface area contributed by atoms with Crippen LogP contribution >= 0.6 is 0 Å². The van der Waals surface area contributed by atoms with Crippen LogP contribution in [0.1, 0.15) is 36.8 Å². The van der Waals surface area contributed by atoms with Crippen LogP contribution in [-0.4, -0.2) is 68.7 Å². The van der Waals surface area contributed by atoms with Gasteiger partial charge in [0.25, 0.3) is 0 Å². The number of rotatable bonds is 6. The second kappa shape index (κ2) is 7.94. The summed E-state index contributed by atoms with van der Waals surface area (Å²) in [6.07, 6.45) is 1.11. The number of alkyl halides is 6. The number of aliphatic hydroxyl groups is 1. The van der Waals surface area contributed by atoms with E-state index < -0.39 is 71.7 Å². The molecule has 0 amide bonds. The van der Waals surface area contributed by atoms with Gasteiger partial charge in [-0.25, -0.2) is 0 Å². The van der Waals surface area contributed by atoms with Crippen LogP contribution in [0.25, 0.3) is 0 Å². The molecule has 1 saturated carbocycles. The molecule has 2 bridgehead atoms. The number of benzene rings is 1. The van der Waals surface area contributed by atoms with Crippen molar-refractivity contribution in [2.45, 2.75) is 66.3 Å². The summed E-state index contributed by atoms with van der Waals surface area (Å²) in [5.41, 5.74) is -14.5. The quantitative estimate of drug-likeness (QED) is 0.297. The summed E-state index contributed by atoms with van der Waals surface area (Å²) in [7, 11) is -12.3. The Bertz CT molecular complexity index is 1490. The third kappa shape index (κ3) is 3.71. The van der Waals surface area contributed by atoms with Crippen LogP contribution in [0.3, 0.4) is 0 Å². The van der Waals surface area contributed by atoms with Gasteiger partial charge >= 0.3 is 31.3 Å². The molecule has 0 aromatic heterocycles. The molecular weight excluding hydrogens is 584 g/mol. The average molecular weight is 606 g/mol. The fourth-order valence-electron chi connectivity index (χ4n) is 6.54. The van der Waals surface area contributed by atoms with Crippen molar-refractivity contribution in [3.8, 4) is 11.5 Å². The number of hydrogen-bond donors (Lipinski definition) is 1. The molecule has 0 radical (unpaired) electrons. The van der Waals surface area contributed by atoms with Gasteiger partial charge in [-0.3, -0.25) is 4.90 Å². The van der Waals surface area contributed by atoms with Gasteiger partial charge in [-0.1, -0.05) is 6.07 Å². The van der Waals surface area contributed by atoms with Gasteiger partial charge in [-0.05, 0) is 55.9 Å². The minimum absolute atomic E-state index is 0.0135. The van der Waals surface area contributed by atoms with E-state index in [1.54, 1.807) is 0 Å². The van der Waals surface area contributed by atoms with Gasteiger partial charge < -0.3 is 18.2 Å². The minimum Gasteiger partial charge on any atom is -0.477 e. The molecule has 2 heterocycles. The number of ether oxygens (including phenoxy) is 1. The lowest BCUT2D eigenvalue weighted by Crippen LogP contribution is -2.75. The second-order valence-electron chi connectivity index (χ2n) is 10.5. The molecule has 2 fully saturated rings. The van der Waals surface area contributed by atoms with E-state index in [-0.39, 0.29) is 24.8 Å². The molecule has 9 nitrogen and oxygen atoms in total. The van der Waals surface area contributed by atoms with Crippen molar-refractivity contribution in [3.05, 3.63) is 35.1 Å². The lowest BCUT2D eigenvalue weighted by Gasteiger charge is -2.62. The SMILES string of the molecule is O=S(=O)(OC1=CCC2(O)[C@H]3Cc4ccc(OS(=O)(=O)C(F)(F)F)c5c4[C@@]2(CCN3CC2CC2)C1O5)C(F)(F)F. The molecule has 1 aromatic rings. The van der Waals surface area contributed by atoms with Crippen molar-refractivity contribution >= 4 is 20.2 Å². The smallest absolute Gasteiger partial charge is 0.477 e. The minimum atomic E-state index is -6.18. The van der Waals surface area contributed by atoms with Gasteiger partial charge in [0.2, 0.25) is 0 Å². The van der Waals surface area contributed by atoms with Crippen molar-refractivity contribution in [1.29, 1.82) is 0 Å². The molecule has 2 unspecified atom stereocenters. The van der Waals surface area contributed by atoms with Gasteiger partial charge in [-0.15, -0.1) is 0 Å². The molecule has 6 rings (SSSR count). The van der Waals surface area contributed by atoms with Crippen LogP contribution < -0.4 is 8.92 Å². The molecular formula is C22H21F6NO8S2. The Morgan fingerprint density at radius 3 is 2.28 bits per heavy atom. The van der Waals surface area contributed by atoms with Gasteiger partial charge in [0, 0.05) is 24.6 Å². The van der Waals surface area contributed by atoms with E-state index in [1.165, 1.54) is 6.07 Å². The number of nitrogens with zero attached hydrogens (tertiary/aromatic N) is 1. The normalized spacial score (nSPS) is 32.2. The zero-order chi connectivity index (χ0) is 28.4. The molecule has 17 heteroatoms. The summed E-state index contributed by atoms with van der Waals surface area (Å²) in [6.45, 7) is 0.963. The van der Waals surface area contributed by atoms with E-state index in [0.717, 1.165) is 25.0 Å². The summed E-state index contributed by atoms with van der Waals surface area (Å²) in [5.74, 6) is -1.82. The Kier molecular flexibility index (Phi) is 5.49. The lowest BCUT2D eigenvalue weighted by atomic mass is 9.50. The molecule has 5 aliphatic rings. The predicted molar refractivity (Wildman–Crippen MR) is 118 cm³/mol. The van der Waals surface area contributed by atoms with E-state index in [1.807, 2.05) is 0 Å². The molecule has 3 aliphatic carbocycles. The first kappa shape index (κ1) is 27.0. The highest BCUT2D eigenvalue weighted by atomic mass is 32.2. The largest absolute Gasteiger partial charge is 0.534 e. The number of piperidine rings is 1. The summed E-state index contributed by atoms with van der Waals surface area (Å²) in [5, 5.41) is 12.2. The lowest BCUT2D eigenvalue weighted by molar-refractivity contribution is -0.168. The van der Waals surface area contributed by atoms with Crippen molar-refractivity contribution in [3.63, 3.8) is 0 Å². The zero-order valence-electron chi connectivity index (χ0n) is 19.8. The summed E-state index contributed by atoms with van der Waals surface area (Å²) in [6, 6.07) is 1.68. The summed E-state index contributed by atoms with van der Waals surface area (Å²) in [4.78, 5) is 2.06. The molecule has 4 atom stereocenters. The first-order valence-electron chi connectivity index (χ1n) is 11.9. The van der Waals surface area contributed by atoms with Gasteiger partial charge in [0.15, 0.2) is 23.4 Å². The van der Waals surface area contributed by atoms with Crippen molar-refractivity contribution in [2.75, 3.05) is 13.1 Å². The van der Waals surface area contributed by atoms with Crippen LogP contribution in [0, 0.1) is 5.92 Å². The third-order valence-corrected chi connectivity index (χ3v) is 10.3. The standard InChI is InChI=1S/C22H21F6NO8S2/c23-21(24,25)38(31,32)36-13-4-3-12-9-15-20(30)6-5-14(37-39(33,34)22(26,27)28)18-19(20,16(12)17(13)35-18)7-8-29(15)10-11-1-2-11/h3-5,11,15,18,30H,1-2,6-10H2/t15-,18?,19+,20?/m1/s1. The Balaban J connectivity index is 1.51. The van der Waals surface area contributed by atoms with Crippen molar-refractivity contribution in [1.82, 2.24) is 4.90 Å². The van der Waals surface area contributed by atoms with E-state index >= 15 is 0 Å². The van der Waals surface area contributed by atoms with Crippen molar-refractivity contribution < 1.29 is 61.4 Å². The first-order valence-corrected chi connectivity index (χ1v) is 14.7. The van der Waals surface area contributed by atoms with Gasteiger partial charge in [0.05, 0.1) is 11.0 Å². The van der Waals surface area contributed by atoms with Gasteiger partial charge in [-0.2, -0.15) is 43.2 Å². The first-order chi connectivity index (χ1) is 17.9. The average Bonchev–Trinajstić information content (AvgIpc) is 3.54. The van der Waals surface area contributed by atoms with E-state index in [4.69, 9.17) is 4.74 Å². The molecule has 1 aromatic carbocycles. The fraction of sp³-hybridized carbons (Fsp3) is 0.636. The van der Waals surface area contributed by atoms with Gasteiger partial charge in [0.1, 0.15) is 0 Å². The Hall–Kier alpha value is -2.24. The van der Waals surface area contributed by atoms with Crippen LogP contribution in [0.5, 0.6) is 11.5 Å². The number of likely N-dealkylation sites (tertiary alicyclic amines) is 1.